The van der Waals surface area contributed by atoms with E-state index in [4.69, 9.17) is 14.2 Å². The molecular weight excluding hydrogens is 458 g/mol. The molecule has 1 aliphatic heterocycles. The van der Waals surface area contributed by atoms with Gasteiger partial charge in [0, 0.05) is 30.8 Å². The molecule has 1 amide bonds. The Morgan fingerprint density at radius 2 is 1.83 bits per heavy atom. The molecular formula is C29H37NO6. The number of carbonyl (C=O) groups is 2. The summed E-state index contributed by atoms with van der Waals surface area (Å²) in [6.45, 7) is 6.67. The van der Waals surface area contributed by atoms with Gasteiger partial charge in [-0.05, 0) is 55.9 Å². The maximum Gasteiger partial charge on any atom is 0.397 e. The van der Waals surface area contributed by atoms with Crippen molar-refractivity contribution < 1.29 is 28.9 Å². The molecule has 36 heavy (non-hydrogen) atoms. The third-order valence-electron chi connectivity index (χ3n) is 7.58. The van der Waals surface area contributed by atoms with Crippen molar-refractivity contribution in [1.82, 2.24) is 4.90 Å². The number of aliphatic hydroxyl groups excluding tert-OH is 1. The molecule has 1 saturated carbocycles. The molecule has 2 fully saturated rings. The van der Waals surface area contributed by atoms with Crippen molar-refractivity contribution in [2.75, 3.05) is 26.8 Å². The topological polar surface area (TPSA) is 85.3 Å². The number of esters is 1. The van der Waals surface area contributed by atoms with E-state index in [9.17, 15) is 14.7 Å². The fraction of sp³-hybridized carbons (Fsp3) is 0.517. The van der Waals surface area contributed by atoms with Gasteiger partial charge in [0.25, 0.3) is 0 Å². The molecule has 1 aliphatic carbocycles. The minimum Gasteiger partial charge on any atom is -0.493 e. The summed E-state index contributed by atoms with van der Waals surface area (Å²) < 4.78 is 17.0. The normalized spacial score (nSPS) is 23.1. The molecule has 2 aromatic rings. The summed E-state index contributed by atoms with van der Waals surface area (Å²) in [6.07, 6.45) is 1.76. The molecule has 0 aromatic heterocycles. The number of benzene rings is 2. The van der Waals surface area contributed by atoms with Gasteiger partial charge in [-0.15, -0.1) is 0 Å². The number of carbonyl (C=O) groups excluding carboxylic acids is 2. The molecule has 7 heteroatoms. The predicted octanol–water partition coefficient (Wildman–Crippen LogP) is 3.97. The number of hydrogen-bond acceptors (Lipinski definition) is 6. The zero-order valence-electron chi connectivity index (χ0n) is 21.6. The van der Waals surface area contributed by atoms with Crippen molar-refractivity contribution in [1.29, 1.82) is 0 Å². The molecule has 4 atom stereocenters. The van der Waals surface area contributed by atoms with Crippen LogP contribution in [0.4, 0.5) is 0 Å². The monoisotopic (exact) mass is 495 g/mol. The van der Waals surface area contributed by atoms with E-state index in [0.29, 0.717) is 37.0 Å². The minimum absolute atomic E-state index is 0.190. The van der Waals surface area contributed by atoms with Gasteiger partial charge in [-0.2, -0.15) is 0 Å². The Kier molecular flexibility index (Phi) is 7.88. The van der Waals surface area contributed by atoms with Crippen LogP contribution >= 0.6 is 0 Å². The second kappa shape index (κ2) is 10.9. The van der Waals surface area contributed by atoms with Crippen LogP contribution in [-0.4, -0.2) is 60.9 Å². The number of aliphatic hydroxyl groups is 1. The summed E-state index contributed by atoms with van der Waals surface area (Å²) in [4.78, 5) is 27.3. The molecule has 1 saturated heterocycles. The van der Waals surface area contributed by atoms with Crippen LogP contribution in [0, 0.1) is 11.3 Å². The van der Waals surface area contributed by atoms with Gasteiger partial charge in [-0.25, -0.2) is 4.79 Å². The van der Waals surface area contributed by atoms with Gasteiger partial charge in [0.2, 0.25) is 0 Å². The maximum atomic E-state index is 13.1. The summed E-state index contributed by atoms with van der Waals surface area (Å²) in [6, 6.07) is 15.5. The molecule has 4 rings (SSSR count). The molecule has 0 spiro atoms. The maximum absolute atomic E-state index is 13.1. The smallest absolute Gasteiger partial charge is 0.397 e. The van der Waals surface area contributed by atoms with Crippen LogP contribution in [0.3, 0.4) is 0 Å². The highest BCUT2D eigenvalue weighted by molar-refractivity contribution is 6.32. The second-order valence-corrected chi connectivity index (χ2v) is 10.5. The Balaban J connectivity index is 1.47. The Labute approximate surface area is 213 Å². The summed E-state index contributed by atoms with van der Waals surface area (Å²) in [5, 5.41) is 10.7. The number of amides is 1. The van der Waals surface area contributed by atoms with Crippen LogP contribution in [0.15, 0.2) is 48.5 Å². The van der Waals surface area contributed by atoms with Gasteiger partial charge in [0.15, 0.2) is 11.5 Å². The molecule has 2 aliphatic rings. The lowest BCUT2D eigenvalue weighted by Gasteiger charge is -2.33. The van der Waals surface area contributed by atoms with Crippen LogP contribution in [0.5, 0.6) is 11.5 Å². The van der Waals surface area contributed by atoms with E-state index in [0.717, 1.165) is 11.1 Å². The summed E-state index contributed by atoms with van der Waals surface area (Å²) in [5.41, 5.74) is 1.33. The number of rotatable bonds is 9. The molecule has 1 heterocycles. The molecule has 1 N–H and O–H groups in total. The van der Waals surface area contributed by atoms with Crippen molar-refractivity contribution in [2.24, 2.45) is 11.3 Å². The highest BCUT2D eigenvalue weighted by atomic mass is 16.5. The predicted molar refractivity (Wildman–Crippen MR) is 136 cm³/mol. The van der Waals surface area contributed by atoms with E-state index >= 15 is 0 Å². The Morgan fingerprint density at radius 1 is 1.11 bits per heavy atom. The summed E-state index contributed by atoms with van der Waals surface area (Å²) in [5.74, 6) is 0.174. The summed E-state index contributed by atoms with van der Waals surface area (Å²) >= 11 is 0. The van der Waals surface area contributed by atoms with Gasteiger partial charge in [-0.3, -0.25) is 4.79 Å². The Bertz CT molecular complexity index is 1070. The number of methoxy groups -OCH3 is 1. The van der Waals surface area contributed by atoms with Crippen LogP contribution in [-0.2, 0) is 20.7 Å². The quantitative estimate of drug-likeness (QED) is 0.419. The lowest BCUT2D eigenvalue weighted by Crippen LogP contribution is -2.41. The fourth-order valence-corrected chi connectivity index (χ4v) is 4.94. The zero-order chi connectivity index (χ0) is 25.9. The minimum atomic E-state index is -0.866. The number of likely N-dealkylation sites (tertiary alicyclic amines) is 1. The largest absolute Gasteiger partial charge is 0.493 e. The first-order valence-corrected chi connectivity index (χ1v) is 12.7. The van der Waals surface area contributed by atoms with Gasteiger partial charge < -0.3 is 24.2 Å². The van der Waals surface area contributed by atoms with E-state index in [2.05, 4.69) is 0 Å². The molecule has 2 aromatic carbocycles. The first kappa shape index (κ1) is 26.0. The Morgan fingerprint density at radius 3 is 2.47 bits per heavy atom. The molecule has 4 unspecified atom stereocenters. The van der Waals surface area contributed by atoms with Crippen molar-refractivity contribution in [3.8, 4) is 11.5 Å². The van der Waals surface area contributed by atoms with E-state index < -0.39 is 29.5 Å². The lowest BCUT2D eigenvalue weighted by molar-refractivity contribution is -0.163. The molecule has 194 valence electrons. The van der Waals surface area contributed by atoms with Crippen molar-refractivity contribution in [3.05, 3.63) is 59.7 Å². The van der Waals surface area contributed by atoms with E-state index in [-0.39, 0.29) is 12.5 Å². The van der Waals surface area contributed by atoms with Crippen LogP contribution in [0.2, 0.25) is 0 Å². The van der Waals surface area contributed by atoms with Gasteiger partial charge in [0.1, 0.15) is 6.10 Å². The number of nitrogens with zero attached hydrogens (tertiary/aromatic N) is 1. The van der Waals surface area contributed by atoms with E-state index in [1.54, 1.807) is 21.0 Å². The molecule has 0 bridgehead atoms. The van der Waals surface area contributed by atoms with Crippen molar-refractivity contribution in [3.63, 3.8) is 0 Å². The third-order valence-corrected chi connectivity index (χ3v) is 7.58. The highest BCUT2D eigenvalue weighted by Crippen LogP contribution is 2.47. The molecule has 0 radical (unpaired) electrons. The van der Waals surface area contributed by atoms with Crippen LogP contribution < -0.4 is 9.47 Å². The van der Waals surface area contributed by atoms with Crippen LogP contribution in [0.25, 0.3) is 0 Å². The fourth-order valence-electron chi connectivity index (χ4n) is 4.94. The highest BCUT2D eigenvalue weighted by Gasteiger charge is 2.49. The average molecular weight is 496 g/mol. The van der Waals surface area contributed by atoms with Crippen molar-refractivity contribution in [2.45, 2.75) is 58.2 Å². The first-order valence-electron chi connectivity index (χ1n) is 12.7. The standard InChI is InChI=1S/C29H37NO6/c1-19(14-21-8-6-5-7-9-21)36-28(33)27(32)30-16-24(29(3,18-30)20(2)31)23-12-13-25(34-4)26(15-23)35-17-22-10-11-22/h5-9,12-13,15,19-20,22,24,31H,10-11,14,16-18H2,1-4H3. The third kappa shape index (κ3) is 5.84. The number of hydrogen-bond donors (Lipinski definition) is 1. The van der Waals surface area contributed by atoms with Gasteiger partial charge >= 0.3 is 11.9 Å². The van der Waals surface area contributed by atoms with Crippen molar-refractivity contribution >= 4 is 11.9 Å². The summed E-state index contributed by atoms with van der Waals surface area (Å²) in [7, 11) is 1.61. The van der Waals surface area contributed by atoms with Gasteiger partial charge in [-0.1, -0.05) is 43.3 Å². The number of ether oxygens (including phenoxy) is 3. The van der Waals surface area contributed by atoms with E-state index in [1.165, 1.54) is 17.7 Å². The first-order chi connectivity index (χ1) is 17.2. The SMILES string of the molecule is COc1ccc(C2CN(C(=O)C(=O)OC(C)Cc3ccccc3)CC2(C)C(C)O)cc1OCC1CC1. The van der Waals surface area contributed by atoms with Crippen LogP contribution in [0.1, 0.15) is 50.7 Å². The zero-order valence-corrected chi connectivity index (χ0v) is 21.6. The average Bonchev–Trinajstić information content (AvgIpc) is 3.62. The molecule has 7 nitrogen and oxygen atoms in total. The second-order valence-electron chi connectivity index (χ2n) is 10.5. The lowest BCUT2D eigenvalue weighted by atomic mass is 9.72. The van der Waals surface area contributed by atoms with E-state index in [1.807, 2.05) is 55.5 Å². The van der Waals surface area contributed by atoms with Gasteiger partial charge in [0.05, 0.1) is 19.8 Å². The Hall–Kier alpha value is -3.06.